The zero-order valence-electron chi connectivity index (χ0n) is 18.4. The SMILES string of the molecule is C[C@@]12CC[C@@H](OC=O)C[C@@H]1CC[C@H]1[C@H]3CC=C(C#Cc4ccccc4)[C@]3(C)CC[C@@H]12. The van der Waals surface area contributed by atoms with Crippen LogP contribution in [0.15, 0.2) is 42.0 Å². The fourth-order valence-electron chi connectivity index (χ4n) is 7.84. The minimum Gasteiger partial charge on any atom is -0.465 e. The van der Waals surface area contributed by atoms with E-state index in [0.717, 1.165) is 36.2 Å². The normalized spacial score (nSPS) is 41.9. The lowest BCUT2D eigenvalue weighted by atomic mass is 9.44. The fraction of sp³-hybridized carbons (Fsp3) is 0.607. The highest BCUT2D eigenvalue weighted by Crippen LogP contribution is 2.66. The molecule has 7 atom stereocenters. The first kappa shape index (κ1) is 19.9. The number of hydrogen-bond acceptors (Lipinski definition) is 2. The van der Waals surface area contributed by atoms with Gasteiger partial charge in [0.2, 0.25) is 0 Å². The molecule has 158 valence electrons. The van der Waals surface area contributed by atoms with Crippen molar-refractivity contribution < 1.29 is 9.53 Å². The van der Waals surface area contributed by atoms with E-state index in [4.69, 9.17) is 4.74 Å². The molecule has 2 heteroatoms. The molecule has 0 N–H and O–H groups in total. The summed E-state index contributed by atoms with van der Waals surface area (Å²) in [7, 11) is 0. The van der Waals surface area contributed by atoms with Crippen LogP contribution < -0.4 is 0 Å². The molecule has 3 fully saturated rings. The van der Waals surface area contributed by atoms with Crippen molar-refractivity contribution in [3.8, 4) is 11.8 Å². The van der Waals surface area contributed by atoms with E-state index in [0.29, 0.717) is 17.8 Å². The molecule has 1 aromatic carbocycles. The summed E-state index contributed by atoms with van der Waals surface area (Å²) >= 11 is 0. The number of rotatable bonds is 2. The zero-order chi connectivity index (χ0) is 20.8. The summed E-state index contributed by atoms with van der Waals surface area (Å²) in [6.45, 7) is 5.72. The van der Waals surface area contributed by atoms with E-state index >= 15 is 0 Å². The van der Waals surface area contributed by atoms with Gasteiger partial charge in [-0.25, -0.2) is 0 Å². The number of carbonyl (C=O) groups is 1. The average molecular weight is 403 g/mol. The number of ether oxygens (including phenoxy) is 1. The van der Waals surface area contributed by atoms with Crippen LogP contribution in [0.3, 0.4) is 0 Å². The van der Waals surface area contributed by atoms with Crippen LogP contribution in [-0.4, -0.2) is 12.6 Å². The maximum absolute atomic E-state index is 10.8. The predicted molar refractivity (Wildman–Crippen MR) is 119 cm³/mol. The largest absolute Gasteiger partial charge is 0.465 e. The van der Waals surface area contributed by atoms with Crippen LogP contribution in [0.1, 0.15) is 70.8 Å². The van der Waals surface area contributed by atoms with Gasteiger partial charge in [0.15, 0.2) is 0 Å². The van der Waals surface area contributed by atoms with Crippen LogP contribution in [0, 0.1) is 46.3 Å². The molecule has 5 rings (SSSR count). The van der Waals surface area contributed by atoms with E-state index in [1.165, 1.54) is 44.1 Å². The fourth-order valence-corrected chi connectivity index (χ4v) is 7.84. The molecular weight excluding hydrogens is 368 g/mol. The Balaban J connectivity index is 1.35. The molecule has 0 saturated heterocycles. The highest BCUT2D eigenvalue weighted by molar-refractivity contribution is 5.45. The number of fused-ring (bicyclic) bond motifs is 5. The molecule has 0 aromatic heterocycles. The molecule has 0 aliphatic heterocycles. The third kappa shape index (κ3) is 3.13. The minimum absolute atomic E-state index is 0.152. The molecule has 3 saturated carbocycles. The van der Waals surface area contributed by atoms with Gasteiger partial charge < -0.3 is 4.74 Å². The average Bonchev–Trinajstić information content (AvgIpc) is 3.10. The second-order valence-electron chi connectivity index (χ2n) is 10.7. The van der Waals surface area contributed by atoms with Gasteiger partial charge in [0.05, 0.1) is 0 Å². The third-order valence-electron chi connectivity index (χ3n) is 9.56. The molecule has 30 heavy (non-hydrogen) atoms. The highest BCUT2D eigenvalue weighted by atomic mass is 16.5. The molecule has 1 aromatic rings. The molecule has 0 unspecified atom stereocenters. The van der Waals surface area contributed by atoms with Gasteiger partial charge in [-0.3, -0.25) is 4.79 Å². The van der Waals surface area contributed by atoms with Crippen molar-refractivity contribution in [2.24, 2.45) is 34.5 Å². The quantitative estimate of drug-likeness (QED) is 0.437. The first-order valence-corrected chi connectivity index (χ1v) is 11.9. The van der Waals surface area contributed by atoms with E-state index in [-0.39, 0.29) is 11.5 Å². The summed E-state index contributed by atoms with van der Waals surface area (Å²) in [6, 6.07) is 10.4. The molecule has 0 spiro atoms. The van der Waals surface area contributed by atoms with Crippen LogP contribution >= 0.6 is 0 Å². The predicted octanol–water partition coefficient (Wildman–Crippen LogP) is 6.16. The summed E-state index contributed by atoms with van der Waals surface area (Å²) in [6.07, 6.45) is 12.4. The van der Waals surface area contributed by atoms with Crippen molar-refractivity contribution in [1.82, 2.24) is 0 Å². The molecular formula is C28H34O2. The van der Waals surface area contributed by atoms with Gasteiger partial charge in [-0.15, -0.1) is 0 Å². The van der Waals surface area contributed by atoms with Crippen molar-refractivity contribution in [3.05, 3.63) is 47.5 Å². The Labute approximate surface area is 181 Å². The topological polar surface area (TPSA) is 26.3 Å². The van der Waals surface area contributed by atoms with E-state index in [1.807, 2.05) is 6.07 Å². The summed E-state index contributed by atoms with van der Waals surface area (Å²) in [5.74, 6) is 10.1. The standard InChI is InChI=1S/C28H34O2/c1-27-17-15-26-24(12-10-22-18-23(30-19-29)14-16-28(22,26)2)25(27)13-11-21(27)9-8-20-6-4-3-5-7-20/h3-7,11,19,22-26H,10,12-18H2,1-2H3/t22-,23+,24-,25+,26-,27-,28+/m0/s1. The lowest BCUT2D eigenvalue weighted by molar-refractivity contribution is -0.147. The van der Waals surface area contributed by atoms with Gasteiger partial charge in [0, 0.05) is 16.6 Å². The van der Waals surface area contributed by atoms with Crippen LogP contribution in [0.2, 0.25) is 0 Å². The summed E-state index contributed by atoms with van der Waals surface area (Å²) in [5, 5.41) is 0. The van der Waals surface area contributed by atoms with Gasteiger partial charge in [-0.2, -0.15) is 0 Å². The molecule has 2 nitrogen and oxygen atoms in total. The first-order valence-electron chi connectivity index (χ1n) is 11.9. The maximum atomic E-state index is 10.8. The minimum atomic E-state index is 0.152. The summed E-state index contributed by atoms with van der Waals surface area (Å²) < 4.78 is 5.37. The van der Waals surface area contributed by atoms with Gasteiger partial charge in [0.1, 0.15) is 6.10 Å². The molecule has 4 aliphatic carbocycles. The van der Waals surface area contributed by atoms with Gasteiger partial charge >= 0.3 is 0 Å². The first-order chi connectivity index (χ1) is 14.5. The van der Waals surface area contributed by atoms with Crippen LogP contribution in [0.5, 0.6) is 0 Å². The van der Waals surface area contributed by atoms with Crippen molar-refractivity contribution >= 4 is 6.47 Å². The Hall–Kier alpha value is -2.01. The number of allylic oxidation sites excluding steroid dienone is 2. The number of carbonyl (C=O) groups excluding carboxylic acids is 1. The highest BCUT2D eigenvalue weighted by Gasteiger charge is 2.58. The second kappa shape index (κ2) is 7.60. The number of benzene rings is 1. The Morgan fingerprint density at radius 3 is 2.63 bits per heavy atom. The van der Waals surface area contributed by atoms with Crippen molar-refractivity contribution in [2.75, 3.05) is 0 Å². The molecule has 0 amide bonds. The molecule has 4 aliphatic rings. The van der Waals surface area contributed by atoms with Crippen molar-refractivity contribution in [3.63, 3.8) is 0 Å². The van der Waals surface area contributed by atoms with Gasteiger partial charge in [-0.05, 0) is 92.6 Å². The molecule has 0 heterocycles. The number of hydrogen-bond donors (Lipinski definition) is 0. The lowest BCUT2D eigenvalue weighted by Gasteiger charge is -2.60. The Morgan fingerprint density at radius 2 is 1.83 bits per heavy atom. The zero-order valence-corrected chi connectivity index (χ0v) is 18.4. The van der Waals surface area contributed by atoms with E-state index < -0.39 is 0 Å². The Kier molecular flexibility index (Phi) is 5.04. The van der Waals surface area contributed by atoms with Crippen LogP contribution in [0.4, 0.5) is 0 Å². The smallest absolute Gasteiger partial charge is 0.293 e. The summed E-state index contributed by atoms with van der Waals surface area (Å²) in [5.41, 5.74) is 3.18. The van der Waals surface area contributed by atoms with Gasteiger partial charge in [-0.1, -0.05) is 50.0 Å². The maximum Gasteiger partial charge on any atom is 0.293 e. The van der Waals surface area contributed by atoms with Crippen LogP contribution in [-0.2, 0) is 9.53 Å². The Bertz CT molecular complexity index is 890. The summed E-state index contributed by atoms with van der Waals surface area (Å²) in [4.78, 5) is 10.8. The molecule has 0 radical (unpaired) electrons. The lowest BCUT2D eigenvalue weighted by Crippen LogP contribution is -2.53. The molecule has 0 bridgehead atoms. The van der Waals surface area contributed by atoms with E-state index in [9.17, 15) is 4.79 Å². The third-order valence-corrected chi connectivity index (χ3v) is 9.56. The van der Waals surface area contributed by atoms with Gasteiger partial charge in [0.25, 0.3) is 6.47 Å². The van der Waals surface area contributed by atoms with Crippen LogP contribution in [0.25, 0.3) is 0 Å². The van der Waals surface area contributed by atoms with E-state index in [1.54, 1.807) is 0 Å². The van der Waals surface area contributed by atoms with Crippen molar-refractivity contribution in [1.29, 1.82) is 0 Å². The Morgan fingerprint density at radius 1 is 1.00 bits per heavy atom. The van der Waals surface area contributed by atoms with E-state index in [2.05, 4.69) is 56.0 Å². The van der Waals surface area contributed by atoms with Crippen molar-refractivity contribution in [2.45, 2.75) is 71.3 Å². The monoisotopic (exact) mass is 402 g/mol. The second-order valence-corrected chi connectivity index (χ2v) is 10.7.